The minimum absolute atomic E-state index is 0.948. The van der Waals surface area contributed by atoms with Gasteiger partial charge in [-0.3, -0.25) is 0 Å². The fourth-order valence-corrected chi connectivity index (χ4v) is 2.73. The zero-order valence-electron chi connectivity index (χ0n) is 10.8. The van der Waals surface area contributed by atoms with Gasteiger partial charge >= 0.3 is 0 Å². The van der Waals surface area contributed by atoms with Crippen molar-refractivity contribution in [1.29, 1.82) is 0 Å². The van der Waals surface area contributed by atoms with Crippen molar-refractivity contribution in [2.24, 2.45) is 0 Å². The van der Waals surface area contributed by atoms with Crippen LogP contribution in [0.1, 0.15) is 37.8 Å². The molecule has 92 valence electrons. The molecule has 0 saturated carbocycles. The second-order valence-corrected chi connectivity index (χ2v) is 4.93. The van der Waals surface area contributed by atoms with Gasteiger partial charge in [0.25, 0.3) is 0 Å². The van der Waals surface area contributed by atoms with Crippen LogP contribution >= 0.6 is 11.3 Å². The molecular weight excluding hydrogens is 218 g/mol. The Morgan fingerprint density at radius 1 is 1.31 bits per heavy atom. The average Bonchev–Trinajstić information content (AvgIpc) is 2.64. The molecule has 0 radical (unpaired) electrons. The van der Waals surface area contributed by atoms with Crippen molar-refractivity contribution in [2.45, 2.75) is 40.7 Å². The summed E-state index contributed by atoms with van der Waals surface area (Å²) in [6.07, 6.45) is 1.18. The van der Waals surface area contributed by atoms with Crippen molar-refractivity contribution in [3.63, 3.8) is 0 Å². The smallest absolute Gasteiger partial charge is 0.185 e. The highest BCUT2D eigenvalue weighted by atomic mass is 32.1. The molecule has 3 nitrogen and oxygen atoms in total. The standard InChI is InChI=1S/C12H23N3S/c1-5-8-15(7-3)12-14-10(4)11(16-12)9-13-6-2/h13H,5-9H2,1-4H3. The first kappa shape index (κ1) is 13.5. The summed E-state index contributed by atoms with van der Waals surface area (Å²) in [7, 11) is 0. The Hall–Kier alpha value is -0.610. The van der Waals surface area contributed by atoms with Gasteiger partial charge in [0.2, 0.25) is 0 Å². The van der Waals surface area contributed by atoms with Crippen LogP contribution in [0.3, 0.4) is 0 Å². The molecule has 0 aliphatic heterocycles. The van der Waals surface area contributed by atoms with E-state index < -0.39 is 0 Å². The van der Waals surface area contributed by atoms with E-state index in [9.17, 15) is 0 Å². The highest BCUT2D eigenvalue weighted by molar-refractivity contribution is 7.15. The van der Waals surface area contributed by atoms with Crippen LogP contribution in [-0.2, 0) is 6.54 Å². The van der Waals surface area contributed by atoms with Crippen LogP contribution in [0.4, 0.5) is 5.13 Å². The van der Waals surface area contributed by atoms with E-state index in [2.05, 4.69) is 42.9 Å². The van der Waals surface area contributed by atoms with E-state index in [-0.39, 0.29) is 0 Å². The third kappa shape index (κ3) is 3.46. The van der Waals surface area contributed by atoms with Crippen LogP contribution in [-0.4, -0.2) is 24.6 Å². The van der Waals surface area contributed by atoms with Crippen LogP contribution in [0.15, 0.2) is 0 Å². The summed E-state index contributed by atoms with van der Waals surface area (Å²) in [6, 6.07) is 0. The van der Waals surface area contributed by atoms with Gasteiger partial charge in [-0.2, -0.15) is 0 Å². The fourth-order valence-electron chi connectivity index (χ4n) is 1.61. The molecule has 0 aromatic carbocycles. The van der Waals surface area contributed by atoms with Crippen LogP contribution in [0.25, 0.3) is 0 Å². The van der Waals surface area contributed by atoms with Gasteiger partial charge in [-0.1, -0.05) is 13.8 Å². The molecule has 0 amide bonds. The predicted octanol–water partition coefficient (Wildman–Crippen LogP) is 2.80. The number of hydrogen-bond donors (Lipinski definition) is 1. The number of aromatic nitrogens is 1. The van der Waals surface area contributed by atoms with E-state index in [0.717, 1.165) is 26.2 Å². The summed E-state index contributed by atoms with van der Waals surface area (Å²) in [5.41, 5.74) is 1.18. The lowest BCUT2D eigenvalue weighted by Gasteiger charge is -2.18. The number of nitrogens with one attached hydrogen (secondary N) is 1. The minimum atomic E-state index is 0.948. The average molecular weight is 241 g/mol. The number of hydrogen-bond acceptors (Lipinski definition) is 4. The number of thiazole rings is 1. The molecule has 0 fully saturated rings. The second-order valence-electron chi connectivity index (χ2n) is 3.87. The maximum absolute atomic E-state index is 4.66. The van der Waals surface area contributed by atoms with Crippen molar-refractivity contribution in [2.75, 3.05) is 24.5 Å². The van der Waals surface area contributed by atoms with Gasteiger partial charge in [0, 0.05) is 24.5 Å². The molecule has 16 heavy (non-hydrogen) atoms. The normalized spacial score (nSPS) is 10.8. The number of anilines is 1. The molecule has 0 saturated heterocycles. The zero-order chi connectivity index (χ0) is 12.0. The molecule has 1 aromatic heterocycles. The number of nitrogens with zero attached hydrogens (tertiary/aromatic N) is 2. The molecule has 0 aliphatic carbocycles. The van der Waals surface area contributed by atoms with Crippen molar-refractivity contribution in [3.05, 3.63) is 10.6 Å². The van der Waals surface area contributed by atoms with Crippen LogP contribution in [0.2, 0.25) is 0 Å². The fraction of sp³-hybridized carbons (Fsp3) is 0.750. The monoisotopic (exact) mass is 241 g/mol. The minimum Gasteiger partial charge on any atom is -0.348 e. The molecule has 0 bridgehead atoms. The molecular formula is C12H23N3S. The summed E-state index contributed by atoms with van der Waals surface area (Å²) in [5.74, 6) is 0. The molecule has 1 aromatic rings. The van der Waals surface area contributed by atoms with E-state index in [1.807, 2.05) is 11.3 Å². The first-order valence-electron chi connectivity index (χ1n) is 6.14. The maximum atomic E-state index is 4.66. The molecule has 0 unspecified atom stereocenters. The lowest BCUT2D eigenvalue weighted by Crippen LogP contribution is -2.23. The van der Waals surface area contributed by atoms with Crippen LogP contribution in [0, 0.1) is 6.92 Å². The Bertz CT molecular complexity index is 309. The van der Waals surface area contributed by atoms with Crippen molar-refractivity contribution < 1.29 is 0 Å². The summed E-state index contributed by atoms with van der Waals surface area (Å²) in [4.78, 5) is 8.38. The predicted molar refractivity (Wildman–Crippen MR) is 72.4 cm³/mol. The van der Waals surface area contributed by atoms with E-state index in [1.54, 1.807) is 0 Å². The molecule has 1 N–H and O–H groups in total. The third-order valence-corrected chi connectivity index (χ3v) is 3.78. The van der Waals surface area contributed by atoms with Crippen molar-refractivity contribution in [1.82, 2.24) is 10.3 Å². The third-order valence-electron chi connectivity index (χ3n) is 2.56. The molecule has 4 heteroatoms. The number of rotatable bonds is 7. The maximum Gasteiger partial charge on any atom is 0.185 e. The topological polar surface area (TPSA) is 28.2 Å². The highest BCUT2D eigenvalue weighted by Gasteiger charge is 2.11. The molecule has 0 aliphatic rings. The van der Waals surface area contributed by atoms with Gasteiger partial charge in [0.1, 0.15) is 0 Å². The van der Waals surface area contributed by atoms with Crippen molar-refractivity contribution >= 4 is 16.5 Å². The first-order chi connectivity index (χ1) is 7.72. The first-order valence-corrected chi connectivity index (χ1v) is 6.96. The zero-order valence-corrected chi connectivity index (χ0v) is 11.7. The summed E-state index contributed by atoms with van der Waals surface area (Å²) >= 11 is 1.82. The summed E-state index contributed by atoms with van der Waals surface area (Å²) in [5, 5.41) is 4.54. The summed E-state index contributed by atoms with van der Waals surface area (Å²) < 4.78 is 0. The van der Waals surface area contributed by atoms with E-state index >= 15 is 0 Å². The van der Waals surface area contributed by atoms with E-state index in [0.29, 0.717) is 0 Å². The lowest BCUT2D eigenvalue weighted by molar-refractivity contribution is 0.730. The Morgan fingerprint density at radius 3 is 2.62 bits per heavy atom. The van der Waals surface area contributed by atoms with Gasteiger partial charge < -0.3 is 10.2 Å². The van der Waals surface area contributed by atoms with Crippen LogP contribution < -0.4 is 10.2 Å². The summed E-state index contributed by atoms with van der Waals surface area (Å²) in [6.45, 7) is 12.7. The Labute approximate surface area is 103 Å². The largest absolute Gasteiger partial charge is 0.348 e. The molecule has 1 heterocycles. The SMILES string of the molecule is CCCN(CC)c1nc(C)c(CNCC)s1. The van der Waals surface area contributed by atoms with E-state index in [1.165, 1.54) is 22.1 Å². The van der Waals surface area contributed by atoms with Crippen LogP contribution in [0.5, 0.6) is 0 Å². The Kier molecular flexibility index (Phi) is 5.77. The second kappa shape index (κ2) is 6.86. The van der Waals surface area contributed by atoms with Gasteiger partial charge in [-0.05, 0) is 26.8 Å². The molecule has 1 rings (SSSR count). The van der Waals surface area contributed by atoms with Gasteiger partial charge in [-0.25, -0.2) is 4.98 Å². The highest BCUT2D eigenvalue weighted by Crippen LogP contribution is 2.25. The van der Waals surface area contributed by atoms with Gasteiger partial charge in [0.05, 0.1) is 5.69 Å². The lowest BCUT2D eigenvalue weighted by atomic mass is 10.4. The van der Waals surface area contributed by atoms with Gasteiger partial charge in [0.15, 0.2) is 5.13 Å². The van der Waals surface area contributed by atoms with Crippen molar-refractivity contribution in [3.8, 4) is 0 Å². The Morgan fingerprint density at radius 2 is 2.06 bits per heavy atom. The Balaban J connectivity index is 2.73. The molecule has 0 spiro atoms. The van der Waals surface area contributed by atoms with Gasteiger partial charge in [-0.15, -0.1) is 11.3 Å². The quantitative estimate of drug-likeness (QED) is 0.795. The van der Waals surface area contributed by atoms with E-state index in [4.69, 9.17) is 0 Å². The number of aryl methyl sites for hydroxylation is 1. The molecule has 0 atom stereocenters.